The molecule has 0 spiro atoms. The molecule has 100 valence electrons. The number of anilines is 1. The summed E-state index contributed by atoms with van der Waals surface area (Å²) in [4.78, 5) is 0.755. The van der Waals surface area contributed by atoms with E-state index in [1.807, 2.05) is 37.3 Å². The second-order valence-corrected chi connectivity index (χ2v) is 5.75. The second kappa shape index (κ2) is 5.97. The molecular formula is C15H16FNOS. The maximum absolute atomic E-state index is 13.7. The van der Waals surface area contributed by atoms with Gasteiger partial charge in [-0.3, -0.25) is 4.21 Å². The third-order valence-corrected chi connectivity index (χ3v) is 3.84. The summed E-state index contributed by atoms with van der Waals surface area (Å²) in [5.74, 6) is -0.224. The van der Waals surface area contributed by atoms with Gasteiger partial charge in [-0.15, -0.1) is 0 Å². The summed E-state index contributed by atoms with van der Waals surface area (Å²) >= 11 is 0. The van der Waals surface area contributed by atoms with Gasteiger partial charge in [-0.2, -0.15) is 0 Å². The van der Waals surface area contributed by atoms with E-state index in [-0.39, 0.29) is 11.9 Å². The zero-order valence-electron chi connectivity index (χ0n) is 10.9. The molecule has 2 rings (SSSR count). The SMILES string of the molecule is C[C@H](Nc1cccc([S@@](C)=O)c1)c1ccccc1F. The van der Waals surface area contributed by atoms with Crippen molar-refractivity contribution in [3.8, 4) is 0 Å². The quantitative estimate of drug-likeness (QED) is 0.922. The van der Waals surface area contributed by atoms with Gasteiger partial charge in [-0.25, -0.2) is 4.39 Å². The summed E-state index contributed by atoms with van der Waals surface area (Å²) < 4.78 is 25.1. The van der Waals surface area contributed by atoms with Crippen LogP contribution in [0.25, 0.3) is 0 Å². The van der Waals surface area contributed by atoms with E-state index in [1.165, 1.54) is 6.07 Å². The van der Waals surface area contributed by atoms with E-state index in [0.717, 1.165) is 10.6 Å². The average Bonchev–Trinajstić information content (AvgIpc) is 2.39. The minimum Gasteiger partial charge on any atom is -0.378 e. The van der Waals surface area contributed by atoms with E-state index in [4.69, 9.17) is 0 Å². The highest BCUT2D eigenvalue weighted by molar-refractivity contribution is 7.84. The molecule has 2 aromatic rings. The van der Waals surface area contributed by atoms with E-state index in [1.54, 1.807) is 18.4 Å². The number of hydrogen-bond acceptors (Lipinski definition) is 2. The third-order valence-electron chi connectivity index (χ3n) is 2.92. The zero-order chi connectivity index (χ0) is 13.8. The molecule has 0 saturated heterocycles. The Morgan fingerprint density at radius 2 is 1.89 bits per heavy atom. The highest BCUT2D eigenvalue weighted by Gasteiger charge is 2.10. The van der Waals surface area contributed by atoms with Gasteiger partial charge in [0.15, 0.2) is 0 Å². The Kier molecular flexibility index (Phi) is 4.32. The first kappa shape index (κ1) is 13.7. The molecule has 0 aliphatic rings. The molecule has 2 nitrogen and oxygen atoms in total. The van der Waals surface area contributed by atoms with Crippen molar-refractivity contribution >= 4 is 16.5 Å². The lowest BCUT2D eigenvalue weighted by Crippen LogP contribution is -2.08. The summed E-state index contributed by atoms with van der Waals surface area (Å²) in [6, 6.07) is 13.9. The second-order valence-electron chi connectivity index (χ2n) is 4.37. The van der Waals surface area contributed by atoms with Gasteiger partial charge in [-0.1, -0.05) is 24.3 Å². The minimum absolute atomic E-state index is 0.151. The minimum atomic E-state index is -1.02. The first-order valence-electron chi connectivity index (χ1n) is 6.02. The topological polar surface area (TPSA) is 29.1 Å². The van der Waals surface area contributed by atoms with E-state index in [9.17, 15) is 8.60 Å². The first-order chi connectivity index (χ1) is 9.08. The smallest absolute Gasteiger partial charge is 0.128 e. The Morgan fingerprint density at radius 1 is 1.16 bits per heavy atom. The van der Waals surface area contributed by atoms with Crippen LogP contribution in [0.3, 0.4) is 0 Å². The maximum Gasteiger partial charge on any atom is 0.128 e. The normalized spacial score (nSPS) is 13.8. The molecule has 0 radical (unpaired) electrons. The maximum atomic E-state index is 13.7. The van der Waals surface area contributed by atoms with E-state index < -0.39 is 10.8 Å². The van der Waals surface area contributed by atoms with Gasteiger partial charge in [0.05, 0.1) is 6.04 Å². The van der Waals surface area contributed by atoms with Crippen LogP contribution >= 0.6 is 0 Å². The molecule has 0 aromatic heterocycles. The van der Waals surface area contributed by atoms with Crippen molar-refractivity contribution in [2.45, 2.75) is 17.9 Å². The van der Waals surface area contributed by atoms with Crippen molar-refractivity contribution in [2.24, 2.45) is 0 Å². The Hall–Kier alpha value is -1.68. The number of nitrogens with one attached hydrogen (secondary N) is 1. The molecule has 2 atom stereocenters. The summed E-state index contributed by atoms with van der Waals surface area (Å²) in [6.45, 7) is 1.90. The fourth-order valence-electron chi connectivity index (χ4n) is 1.92. The number of benzene rings is 2. The van der Waals surface area contributed by atoms with Gasteiger partial charge >= 0.3 is 0 Å². The summed E-state index contributed by atoms with van der Waals surface area (Å²) in [5, 5.41) is 3.22. The lowest BCUT2D eigenvalue weighted by Gasteiger charge is -2.16. The molecule has 0 aliphatic carbocycles. The van der Waals surface area contributed by atoms with Gasteiger partial charge in [0.2, 0.25) is 0 Å². The van der Waals surface area contributed by atoms with E-state index >= 15 is 0 Å². The molecule has 19 heavy (non-hydrogen) atoms. The molecule has 0 unspecified atom stereocenters. The van der Waals surface area contributed by atoms with Gasteiger partial charge in [-0.05, 0) is 31.2 Å². The average molecular weight is 277 g/mol. The van der Waals surface area contributed by atoms with Crippen LogP contribution in [0.1, 0.15) is 18.5 Å². The van der Waals surface area contributed by atoms with Crippen LogP contribution in [0.15, 0.2) is 53.4 Å². The third kappa shape index (κ3) is 3.41. The molecular weight excluding hydrogens is 261 g/mol. The molecule has 0 fully saturated rings. The highest BCUT2D eigenvalue weighted by Crippen LogP contribution is 2.22. The van der Waals surface area contributed by atoms with Crippen LogP contribution in [0.5, 0.6) is 0 Å². The van der Waals surface area contributed by atoms with Gasteiger partial charge < -0.3 is 5.32 Å². The molecule has 0 bridgehead atoms. The largest absolute Gasteiger partial charge is 0.378 e. The summed E-state index contributed by atoms with van der Waals surface area (Å²) in [6.07, 6.45) is 1.64. The number of rotatable bonds is 4. The molecule has 2 aromatic carbocycles. The van der Waals surface area contributed by atoms with Gasteiger partial charge in [0.25, 0.3) is 0 Å². The first-order valence-corrected chi connectivity index (χ1v) is 7.58. The van der Waals surface area contributed by atoms with Gasteiger partial charge in [0.1, 0.15) is 5.82 Å². The van der Waals surface area contributed by atoms with E-state index in [2.05, 4.69) is 5.32 Å². The van der Waals surface area contributed by atoms with Crippen molar-refractivity contribution in [3.05, 3.63) is 59.9 Å². The fraction of sp³-hybridized carbons (Fsp3) is 0.200. The molecule has 4 heteroatoms. The van der Waals surface area contributed by atoms with Crippen LogP contribution < -0.4 is 5.32 Å². The van der Waals surface area contributed by atoms with E-state index in [0.29, 0.717) is 5.56 Å². The van der Waals surface area contributed by atoms with Gasteiger partial charge in [0, 0.05) is 33.2 Å². The van der Waals surface area contributed by atoms with Crippen LogP contribution in [-0.4, -0.2) is 10.5 Å². The van der Waals surface area contributed by atoms with Crippen molar-refractivity contribution in [3.63, 3.8) is 0 Å². The molecule has 0 saturated carbocycles. The number of halogens is 1. The van der Waals surface area contributed by atoms with Crippen LogP contribution in [0, 0.1) is 5.82 Å². The highest BCUT2D eigenvalue weighted by atomic mass is 32.2. The number of hydrogen-bond donors (Lipinski definition) is 1. The standard InChI is InChI=1S/C15H16FNOS/c1-11(14-8-3-4-9-15(14)16)17-12-6-5-7-13(10-12)19(2)18/h3-11,17H,1-2H3/t11-,19+/m0/s1. The van der Waals surface area contributed by atoms with Crippen LogP contribution in [0.2, 0.25) is 0 Å². The summed E-state index contributed by atoms with van der Waals surface area (Å²) in [5.41, 5.74) is 1.45. The molecule has 1 N–H and O–H groups in total. The van der Waals surface area contributed by atoms with Crippen molar-refractivity contribution < 1.29 is 8.60 Å². The molecule has 0 aliphatic heterocycles. The van der Waals surface area contributed by atoms with Crippen molar-refractivity contribution in [1.29, 1.82) is 0 Å². The summed E-state index contributed by atoms with van der Waals surface area (Å²) in [7, 11) is -1.02. The lowest BCUT2D eigenvalue weighted by atomic mass is 10.1. The predicted molar refractivity (Wildman–Crippen MR) is 77.2 cm³/mol. The Bertz CT molecular complexity index is 600. The fourth-order valence-corrected chi connectivity index (χ4v) is 2.48. The Labute approximate surface area is 115 Å². The monoisotopic (exact) mass is 277 g/mol. The lowest BCUT2D eigenvalue weighted by molar-refractivity contribution is 0.600. The van der Waals surface area contributed by atoms with Crippen molar-refractivity contribution in [2.75, 3.05) is 11.6 Å². The zero-order valence-corrected chi connectivity index (χ0v) is 11.7. The van der Waals surface area contributed by atoms with Crippen LogP contribution in [-0.2, 0) is 10.8 Å². The Morgan fingerprint density at radius 3 is 2.58 bits per heavy atom. The molecule has 0 heterocycles. The van der Waals surface area contributed by atoms with Crippen LogP contribution in [0.4, 0.5) is 10.1 Å². The predicted octanol–water partition coefficient (Wildman–Crippen LogP) is 3.74. The Balaban J connectivity index is 2.19. The molecule has 0 amide bonds. The van der Waals surface area contributed by atoms with Crippen molar-refractivity contribution in [1.82, 2.24) is 0 Å².